The maximum atomic E-state index is 11.8. The molecule has 1 unspecified atom stereocenters. The van der Waals surface area contributed by atoms with Crippen LogP contribution in [-0.4, -0.2) is 17.8 Å². The summed E-state index contributed by atoms with van der Waals surface area (Å²) in [6.45, 7) is 0. The molecule has 4 nitrogen and oxygen atoms in total. The van der Waals surface area contributed by atoms with Crippen molar-refractivity contribution in [3.63, 3.8) is 0 Å². The zero-order chi connectivity index (χ0) is 13.7. The van der Waals surface area contributed by atoms with Gasteiger partial charge in [-0.2, -0.15) is 0 Å². The fraction of sp³-hybridized carbons (Fsp3) is 0.267. The summed E-state index contributed by atoms with van der Waals surface area (Å²) in [6.07, 6.45) is 5.76. The zero-order valence-electron chi connectivity index (χ0n) is 10.6. The molecule has 1 aromatic carbocycles. The van der Waals surface area contributed by atoms with E-state index in [0.29, 0.717) is 18.5 Å². The molecule has 0 aliphatic carbocycles. The number of allylic oxidation sites excluding steroid dienone is 1. The van der Waals surface area contributed by atoms with E-state index in [1.54, 1.807) is 6.21 Å². The molecule has 0 saturated heterocycles. The molecule has 2 rings (SSSR count). The number of hydrogen-bond acceptors (Lipinski definition) is 4. The first-order valence-corrected chi connectivity index (χ1v) is 6.25. The highest BCUT2D eigenvalue weighted by Gasteiger charge is 2.19. The minimum absolute atomic E-state index is 0.0455. The predicted octanol–water partition coefficient (Wildman–Crippen LogP) is 1.94. The van der Waals surface area contributed by atoms with Crippen molar-refractivity contribution in [1.29, 1.82) is 0 Å². The third-order valence-electron chi connectivity index (χ3n) is 3.08. The number of aryl methyl sites for hydroxylation is 1. The Labute approximate surface area is 112 Å². The number of nitrogens with two attached hydrogens (primary N) is 1. The largest absolute Gasteiger partial charge is 0.399 e. The Kier molecular flexibility index (Phi) is 4.23. The molecule has 1 aromatic rings. The SMILES string of the molecule is Nc1ccc(CCC(=O)CC2C=NC=CC2=O)cc1. The molecular formula is C15H16N2O2. The lowest BCUT2D eigenvalue weighted by molar-refractivity contribution is -0.123. The fourth-order valence-electron chi connectivity index (χ4n) is 1.94. The van der Waals surface area contributed by atoms with Gasteiger partial charge >= 0.3 is 0 Å². The van der Waals surface area contributed by atoms with Crippen LogP contribution >= 0.6 is 0 Å². The summed E-state index contributed by atoms with van der Waals surface area (Å²) >= 11 is 0. The molecule has 0 radical (unpaired) electrons. The van der Waals surface area contributed by atoms with E-state index in [1.807, 2.05) is 24.3 Å². The molecular weight excluding hydrogens is 240 g/mol. The van der Waals surface area contributed by atoms with Gasteiger partial charge in [0, 0.05) is 37.0 Å². The second-order valence-corrected chi connectivity index (χ2v) is 4.61. The van der Waals surface area contributed by atoms with Gasteiger partial charge in [-0.1, -0.05) is 12.1 Å². The van der Waals surface area contributed by atoms with Crippen molar-refractivity contribution in [1.82, 2.24) is 0 Å². The number of nitrogen functional groups attached to an aromatic ring is 1. The summed E-state index contributed by atoms with van der Waals surface area (Å²) in [5, 5.41) is 0. The van der Waals surface area contributed by atoms with E-state index in [4.69, 9.17) is 5.73 Å². The average Bonchev–Trinajstić information content (AvgIpc) is 2.41. The van der Waals surface area contributed by atoms with Crippen molar-refractivity contribution in [2.24, 2.45) is 10.9 Å². The molecule has 1 atom stereocenters. The Balaban J connectivity index is 1.81. The molecule has 0 aromatic heterocycles. The minimum atomic E-state index is -0.385. The highest BCUT2D eigenvalue weighted by Crippen LogP contribution is 2.12. The molecule has 1 heterocycles. The molecule has 0 amide bonds. The highest BCUT2D eigenvalue weighted by molar-refractivity contribution is 6.06. The second kappa shape index (κ2) is 6.09. The van der Waals surface area contributed by atoms with Crippen LogP contribution in [-0.2, 0) is 16.0 Å². The third kappa shape index (κ3) is 3.88. The van der Waals surface area contributed by atoms with E-state index in [0.717, 1.165) is 5.56 Å². The topological polar surface area (TPSA) is 72.5 Å². The molecule has 4 heteroatoms. The van der Waals surface area contributed by atoms with Crippen LogP contribution in [0.2, 0.25) is 0 Å². The number of carbonyl (C=O) groups is 2. The number of nitrogens with zero attached hydrogens (tertiary/aromatic N) is 1. The second-order valence-electron chi connectivity index (χ2n) is 4.61. The lowest BCUT2D eigenvalue weighted by Crippen LogP contribution is -2.20. The summed E-state index contributed by atoms with van der Waals surface area (Å²) in [6, 6.07) is 7.47. The summed E-state index contributed by atoms with van der Waals surface area (Å²) < 4.78 is 0. The first kappa shape index (κ1) is 13.2. The van der Waals surface area contributed by atoms with Crippen molar-refractivity contribution >= 4 is 23.5 Å². The first-order valence-electron chi connectivity index (χ1n) is 6.25. The van der Waals surface area contributed by atoms with Crippen LogP contribution < -0.4 is 5.73 Å². The van der Waals surface area contributed by atoms with Crippen molar-refractivity contribution in [3.8, 4) is 0 Å². The quantitative estimate of drug-likeness (QED) is 0.818. The van der Waals surface area contributed by atoms with Crippen molar-refractivity contribution in [2.45, 2.75) is 19.3 Å². The number of hydrogen-bond donors (Lipinski definition) is 1. The van der Waals surface area contributed by atoms with Gasteiger partial charge in [0.1, 0.15) is 5.78 Å². The molecule has 98 valence electrons. The van der Waals surface area contributed by atoms with E-state index in [9.17, 15) is 9.59 Å². The average molecular weight is 256 g/mol. The van der Waals surface area contributed by atoms with Crippen molar-refractivity contribution < 1.29 is 9.59 Å². The van der Waals surface area contributed by atoms with Crippen LogP contribution in [0.25, 0.3) is 0 Å². The zero-order valence-corrected chi connectivity index (χ0v) is 10.6. The van der Waals surface area contributed by atoms with Crippen LogP contribution in [0.1, 0.15) is 18.4 Å². The fourth-order valence-corrected chi connectivity index (χ4v) is 1.94. The molecule has 0 fully saturated rings. The van der Waals surface area contributed by atoms with Crippen LogP contribution in [0.5, 0.6) is 0 Å². The van der Waals surface area contributed by atoms with Crippen LogP contribution in [0.15, 0.2) is 41.5 Å². The lowest BCUT2D eigenvalue weighted by Gasteiger charge is -2.09. The molecule has 0 spiro atoms. The van der Waals surface area contributed by atoms with Gasteiger partial charge < -0.3 is 5.73 Å². The van der Waals surface area contributed by atoms with E-state index >= 15 is 0 Å². The molecule has 2 N–H and O–H groups in total. The Hall–Kier alpha value is -2.23. The van der Waals surface area contributed by atoms with Gasteiger partial charge in [0.2, 0.25) is 0 Å². The standard InChI is InChI=1S/C15H16N2O2/c16-13-4-1-11(2-5-13)3-6-14(18)9-12-10-17-8-7-15(12)19/h1-2,4-5,7-8,10,12H,3,6,9,16H2. The first-order chi connectivity index (χ1) is 9.15. The predicted molar refractivity (Wildman–Crippen MR) is 74.9 cm³/mol. The van der Waals surface area contributed by atoms with Gasteiger partial charge in [-0.3, -0.25) is 14.6 Å². The van der Waals surface area contributed by atoms with E-state index in [1.165, 1.54) is 12.3 Å². The van der Waals surface area contributed by atoms with Gasteiger partial charge in [0.25, 0.3) is 0 Å². The Bertz CT molecular complexity index is 530. The van der Waals surface area contributed by atoms with Gasteiger partial charge in [0.15, 0.2) is 5.78 Å². The third-order valence-corrected chi connectivity index (χ3v) is 3.08. The minimum Gasteiger partial charge on any atom is -0.399 e. The number of ketones is 2. The Morgan fingerprint density at radius 3 is 2.68 bits per heavy atom. The number of anilines is 1. The van der Waals surface area contributed by atoms with E-state index in [2.05, 4.69) is 4.99 Å². The Morgan fingerprint density at radius 1 is 1.26 bits per heavy atom. The maximum absolute atomic E-state index is 11.8. The molecule has 1 aliphatic rings. The normalized spacial score (nSPS) is 17.7. The smallest absolute Gasteiger partial charge is 0.166 e. The summed E-state index contributed by atoms with van der Waals surface area (Å²) in [4.78, 5) is 27.2. The summed E-state index contributed by atoms with van der Waals surface area (Å²) in [5.74, 6) is -0.350. The van der Waals surface area contributed by atoms with Gasteiger partial charge in [-0.25, -0.2) is 0 Å². The van der Waals surface area contributed by atoms with Gasteiger partial charge in [-0.15, -0.1) is 0 Å². The van der Waals surface area contributed by atoms with Gasteiger partial charge in [-0.05, 0) is 24.1 Å². The van der Waals surface area contributed by atoms with Gasteiger partial charge in [0.05, 0.1) is 5.92 Å². The van der Waals surface area contributed by atoms with Crippen LogP contribution in [0, 0.1) is 5.92 Å². The maximum Gasteiger partial charge on any atom is 0.166 e. The van der Waals surface area contributed by atoms with E-state index < -0.39 is 0 Å². The van der Waals surface area contributed by atoms with Crippen molar-refractivity contribution in [3.05, 3.63) is 42.1 Å². The summed E-state index contributed by atoms with van der Waals surface area (Å²) in [7, 11) is 0. The number of carbonyl (C=O) groups excluding carboxylic acids is 2. The molecule has 0 saturated carbocycles. The number of rotatable bonds is 5. The highest BCUT2D eigenvalue weighted by atomic mass is 16.1. The summed E-state index contributed by atoms with van der Waals surface area (Å²) in [5.41, 5.74) is 7.39. The van der Waals surface area contributed by atoms with E-state index in [-0.39, 0.29) is 23.9 Å². The van der Waals surface area contributed by atoms with Crippen LogP contribution in [0.3, 0.4) is 0 Å². The van der Waals surface area contributed by atoms with Crippen molar-refractivity contribution in [2.75, 3.05) is 5.73 Å². The lowest BCUT2D eigenvalue weighted by atomic mass is 9.95. The Morgan fingerprint density at radius 2 is 2.00 bits per heavy atom. The number of benzene rings is 1. The number of Topliss-reactive ketones (excluding diaryl/α,β-unsaturated/α-hetero) is 1. The molecule has 1 aliphatic heterocycles. The monoisotopic (exact) mass is 256 g/mol. The van der Waals surface area contributed by atoms with Crippen LogP contribution in [0.4, 0.5) is 5.69 Å². The molecule has 19 heavy (non-hydrogen) atoms. The number of aliphatic imine (C=N–C) groups is 1. The molecule has 0 bridgehead atoms.